The molecule has 1 heterocycles. The molecule has 1 aromatic carbocycles. The van der Waals surface area contributed by atoms with Crippen molar-refractivity contribution in [2.45, 2.75) is 26.1 Å². The van der Waals surface area contributed by atoms with Crippen molar-refractivity contribution in [3.8, 4) is 0 Å². The van der Waals surface area contributed by atoms with E-state index in [4.69, 9.17) is 5.73 Å². The first-order chi connectivity index (χ1) is 10.8. The second kappa shape index (κ2) is 6.72. The number of amides is 1. The van der Waals surface area contributed by atoms with Gasteiger partial charge < -0.3 is 11.1 Å². The van der Waals surface area contributed by atoms with Crippen LogP contribution in [0.2, 0.25) is 0 Å². The van der Waals surface area contributed by atoms with Crippen LogP contribution in [0.4, 0.5) is 19.0 Å². The van der Waals surface area contributed by atoms with Gasteiger partial charge in [0.1, 0.15) is 12.4 Å². The molecule has 0 radical (unpaired) electrons. The lowest BCUT2D eigenvalue weighted by atomic mass is 10.1. The Morgan fingerprint density at radius 2 is 2.09 bits per heavy atom. The maximum atomic E-state index is 12.6. The molecular formula is C15H17F3N4O. The third kappa shape index (κ3) is 4.73. The summed E-state index contributed by atoms with van der Waals surface area (Å²) in [7, 11) is 0. The molecule has 0 atom stereocenters. The monoisotopic (exact) mass is 326 g/mol. The highest BCUT2D eigenvalue weighted by molar-refractivity contribution is 5.76. The average Bonchev–Trinajstić information content (AvgIpc) is 2.76. The topological polar surface area (TPSA) is 72.9 Å². The molecule has 5 nitrogen and oxygen atoms in total. The van der Waals surface area contributed by atoms with Crippen molar-refractivity contribution >= 4 is 11.7 Å². The predicted octanol–water partition coefficient (Wildman–Crippen LogP) is 2.15. The van der Waals surface area contributed by atoms with Crippen LogP contribution >= 0.6 is 0 Å². The number of nitrogens with two attached hydrogens (primary N) is 1. The molecule has 3 N–H and O–H groups in total. The summed E-state index contributed by atoms with van der Waals surface area (Å²) < 4.78 is 39.2. The average molecular weight is 326 g/mol. The molecule has 0 bridgehead atoms. The molecule has 23 heavy (non-hydrogen) atoms. The summed E-state index contributed by atoms with van der Waals surface area (Å²) in [5, 5.41) is 6.70. The van der Waals surface area contributed by atoms with Crippen LogP contribution in [0, 0.1) is 6.92 Å². The van der Waals surface area contributed by atoms with E-state index in [2.05, 4.69) is 10.4 Å². The first kappa shape index (κ1) is 16.9. The Labute approximate surface area is 131 Å². The van der Waals surface area contributed by atoms with Crippen molar-refractivity contribution in [1.29, 1.82) is 0 Å². The van der Waals surface area contributed by atoms with Gasteiger partial charge in [0, 0.05) is 12.6 Å². The van der Waals surface area contributed by atoms with E-state index in [1.54, 1.807) is 19.1 Å². The maximum Gasteiger partial charge on any atom is 0.416 e. The minimum atomic E-state index is -4.37. The summed E-state index contributed by atoms with van der Waals surface area (Å²) in [5.74, 6) is 0.0855. The summed E-state index contributed by atoms with van der Waals surface area (Å²) in [4.78, 5) is 11.8. The van der Waals surface area contributed by atoms with Gasteiger partial charge in [-0.15, -0.1) is 0 Å². The van der Waals surface area contributed by atoms with E-state index in [9.17, 15) is 18.0 Å². The zero-order chi connectivity index (χ0) is 17.0. The molecule has 2 aromatic rings. The molecule has 0 saturated carbocycles. The van der Waals surface area contributed by atoms with Gasteiger partial charge in [-0.1, -0.05) is 18.2 Å². The van der Waals surface area contributed by atoms with Crippen LogP contribution in [0.5, 0.6) is 0 Å². The highest BCUT2D eigenvalue weighted by atomic mass is 19.4. The molecule has 2 rings (SSSR count). The molecule has 0 spiro atoms. The number of halogens is 3. The molecule has 1 amide bonds. The number of nitrogen functional groups attached to an aromatic ring is 1. The zero-order valence-corrected chi connectivity index (χ0v) is 12.5. The van der Waals surface area contributed by atoms with E-state index < -0.39 is 11.7 Å². The minimum Gasteiger partial charge on any atom is -0.384 e. The molecule has 0 saturated heterocycles. The van der Waals surface area contributed by atoms with Crippen LogP contribution in [-0.4, -0.2) is 22.2 Å². The summed E-state index contributed by atoms with van der Waals surface area (Å²) in [6.07, 6.45) is -4.06. The summed E-state index contributed by atoms with van der Waals surface area (Å²) >= 11 is 0. The highest BCUT2D eigenvalue weighted by Crippen LogP contribution is 2.29. The third-order valence-corrected chi connectivity index (χ3v) is 3.22. The number of benzene rings is 1. The number of anilines is 1. The Morgan fingerprint density at radius 1 is 1.35 bits per heavy atom. The molecule has 124 valence electrons. The Bertz CT molecular complexity index is 694. The number of aromatic nitrogens is 2. The molecule has 0 unspecified atom stereocenters. The van der Waals surface area contributed by atoms with E-state index in [-0.39, 0.29) is 19.0 Å². The van der Waals surface area contributed by atoms with Crippen LogP contribution in [0.25, 0.3) is 0 Å². The number of carbonyl (C=O) groups excluding carboxylic acids is 1. The van der Waals surface area contributed by atoms with Crippen LogP contribution < -0.4 is 11.1 Å². The van der Waals surface area contributed by atoms with Crippen LogP contribution in [0.1, 0.15) is 16.8 Å². The van der Waals surface area contributed by atoms with Gasteiger partial charge >= 0.3 is 6.18 Å². The summed E-state index contributed by atoms with van der Waals surface area (Å²) in [5.41, 5.74) is 6.20. The van der Waals surface area contributed by atoms with E-state index in [1.165, 1.54) is 10.7 Å². The molecule has 0 fully saturated rings. The third-order valence-electron chi connectivity index (χ3n) is 3.22. The first-order valence-corrected chi connectivity index (χ1v) is 6.98. The maximum absolute atomic E-state index is 12.6. The summed E-state index contributed by atoms with van der Waals surface area (Å²) in [6, 6.07) is 6.70. The fourth-order valence-corrected chi connectivity index (χ4v) is 2.13. The zero-order valence-electron chi connectivity index (χ0n) is 12.5. The van der Waals surface area contributed by atoms with Gasteiger partial charge in [0.15, 0.2) is 0 Å². The normalized spacial score (nSPS) is 11.5. The highest BCUT2D eigenvalue weighted by Gasteiger charge is 2.30. The fourth-order valence-electron chi connectivity index (χ4n) is 2.13. The number of hydrogen-bond acceptors (Lipinski definition) is 3. The standard InChI is InChI=1S/C15H17F3N4O/c1-10-7-13(19)22(21-10)9-14(23)20-6-5-11-3-2-4-12(8-11)15(16,17)18/h2-4,7-8H,5-6,9,19H2,1H3,(H,20,23). The van der Waals surface area contributed by atoms with Crippen LogP contribution in [-0.2, 0) is 23.9 Å². The van der Waals surface area contributed by atoms with Crippen LogP contribution in [0.3, 0.4) is 0 Å². The lowest BCUT2D eigenvalue weighted by molar-refractivity contribution is -0.137. The number of hydrogen-bond donors (Lipinski definition) is 2. The largest absolute Gasteiger partial charge is 0.416 e. The molecule has 0 aliphatic heterocycles. The Hall–Kier alpha value is -2.51. The van der Waals surface area contributed by atoms with E-state index in [0.717, 1.165) is 12.1 Å². The second-order valence-corrected chi connectivity index (χ2v) is 5.17. The van der Waals surface area contributed by atoms with Gasteiger partial charge in [-0.05, 0) is 25.0 Å². The molecule has 8 heteroatoms. The van der Waals surface area contributed by atoms with Gasteiger partial charge in [0.2, 0.25) is 5.91 Å². The van der Waals surface area contributed by atoms with Crippen molar-refractivity contribution in [1.82, 2.24) is 15.1 Å². The molecule has 1 aromatic heterocycles. The van der Waals surface area contributed by atoms with E-state index in [1.807, 2.05) is 0 Å². The van der Waals surface area contributed by atoms with Crippen LogP contribution in [0.15, 0.2) is 30.3 Å². The molecule has 0 aliphatic carbocycles. The summed E-state index contributed by atoms with van der Waals surface area (Å²) in [6.45, 7) is 1.97. The van der Waals surface area contributed by atoms with E-state index in [0.29, 0.717) is 23.5 Å². The van der Waals surface area contributed by atoms with Crippen molar-refractivity contribution in [2.75, 3.05) is 12.3 Å². The molecule has 0 aliphatic rings. The lowest BCUT2D eigenvalue weighted by Gasteiger charge is -2.09. The van der Waals surface area contributed by atoms with Gasteiger partial charge in [-0.3, -0.25) is 4.79 Å². The van der Waals surface area contributed by atoms with Crippen molar-refractivity contribution in [2.24, 2.45) is 0 Å². The second-order valence-electron chi connectivity index (χ2n) is 5.17. The smallest absolute Gasteiger partial charge is 0.384 e. The predicted molar refractivity (Wildman–Crippen MR) is 79.5 cm³/mol. The van der Waals surface area contributed by atoms with Crippen molar-refractivity contribution < 1.29 is 18.0 Å². The SMILES string of the molecule is Cc1cc(N)n(CC(=O)NCCc2cccc(C(F)(F)F)c2)n1. The fraction of sp³-hybridized carbons (Fsp3) is 0.333. The number of rotatable bonds is 5. The van der Waals surface area contributed by atoms with Gasteiger partial charge in [-0.2, -0.15) is 18.3 Å². The van der Waals surface area contributed by atoms with E-state index >= 15 is 0 Å². The van der Waals surface area contributed by atoms with Gasteiger partial charge in [0.05, 0.1) is 11.3 Å². The Kier molecular flexibility index (Phi) is 4.92. The number of aryl methyl sites for hydroxylation is 1. The molecular weight excluding hydrogens is 309 g/mol. The Morgan fingerprint density at radius 3 is 2.70 bits per heavy atom. The Balaban J connectivity index is 1.85. The minimum absolute atomic E-state index is 0.0255. The van der Waals surface area contributed by atoms with Gasteiger partial charge in [0.25, 0.3) is 0 Å². The van der Waals surface area contributed by atoms with Crippen molar-refractivity contribution in [3.63, 3.8) is 0 Å². The van der Waals surface area contributed by atoms with Crippen molar-refractivity contribution in [3.05, 3.63) is 47.2 Å². The number of alkyl halides is 3. The quantitative estimate of drug-likeness (QED) is 0.884. The number of carbonyl (C=O) groups is 1. The van der Waals surface area contributed by atoms with Gasteiger partial charge in [-0.25, -0.2) is 4.68 Å². The number of nitrogens with zero attached hydrogens (tertiary/aromatic N) is 2. The first-order valence-electron chi connectivity index (χ1n) is 6.98. The number of nitrogens with one attached hydrogen (secondary N) is 1. The lowest BCUT2D eigenvalue weighted by Crippen LogP contribution is -2.30.